The van der Waals surface area contributed by atoms with E-state index in [-0.39, 0.29) is 0 Å². The first-order valence-corrected chi connectivity index (χ1v) is 6.17. The van der Waals surface area contributed by atoms with Crippen LogP contribution in [0.2, 0.25) is 0 Å². The average Bonchev–Trinajstić information content (AvgIpc) is 2.41. The molecule has 0 atom stereocenters. The SMILES string of the molecule is C=CCc1c(C)cccc1OCc1ccccc1. The van der Waals surface area contributed by atoms with Gasteiger partial charge in [-0.05, 0) is 30.5 Å². The van der Waals surface area contributed by atoms with E-state index in [1.165, 1.54) is 16.7 Å². The maximum absolute atomic E-state index is 5.91. The Morgan fingerprint density at radius 3 is 2.56 bits per heavy atom. The molecule has 0 aromatic heterocycles. The lowest BCUT2D eigenvalue weighted by atomic mass is 10.0. The van der Waals surface area contributed by atoms with Crippen LogP contribution in [0.1, 0.15) is 16.7 Å². The maximum Gasteiger partial charge on any atom is 0.123 e. The van der Waals surface area contributed by atoms with Gasteiger partial charge in [-0.3, -0.25) is 0 Å². The summed E-state index contributed by atoms with van der Waals surface area (Å²) < 4.78 is 5.91. The molecule has 0 radical (unpaired) electrons. The predicted molar refractivity (Wildman–Crippen MR) is 75.9 cm³/mol. The van der Waals surface area contributed by atoms with E-state index in [4.69, 9.17) is 4.74 Å². The summed E-state index contributed by atoms with van der Waals surface area (Å²) in [4.78, 5) is 0. The predicted octanol–water partition coefficient (Wildman–Crippen LogP) is 4.30. The van der Waals surface area contributed by atoms with E-state index in [0.717, 1.165) is 12.2 Å². The van der Waals surface area contributed by atoms with Crippen LogP contribution < -0.4 is 4.74 Å². The third kappa shape index (κ3) is 3.01. The summed E-state index contributed by atoms with van der Waals surface area (Å²) in [5.41, 5.74) is 3.66. The smallest absolute Gasteiger partial charge is 0.123 e. The second kappa shape index (κ2) is 6.06. The van der Waals surface area contributed by atoms with Crippen molar-refractivity contribution >= 4 is 0 Å². The molecule has 18 heavy (non-hydrogen) atoms. The van der Waals surface area contributed by atoms with Crippen molar-refractivity contribution < 1.29 is 4.74 Å². The molecule has 0 N–H and O–H groups in total. The zero-order valence-electron chi connectivity index (χ0n) is 10.7. The summed E-state index contributed by atoms with van der Waals surface area (Å²) in [5, 5.41) is 0. The molecular formula is C17H18O. The van der Waals surface area contributed by atoms with Crippen molar-refractivity contribution in [1.29, 1.82) is 0 Å². The monoisotopic (exact) mass is 238 g/mol. The molecule has 2 rings (SSSR count). The van der Waals surface area contributed by atoms with E-state index < -0.39 is 0 Å². The molecule has 92 valence electrons. The number of hydrogen-bond acceptors (Lipinski definition) is 1. The summed E-state index contributed by atoms with van der Waals surface area (Å²) in [7, 11) is 0. The van der Waals surface area contributed by atoms with Crippen LogP contribution in [0.3, 0.4) is 0 Å². The highest BCUT2D eigenvalue weighted by atomic mass is 16.5. The van der Waals surface area contributed by atoms with Gasteiger partial charge >= 0.3 is 0 Å². The van der Waals surface area contributed by atoms with Crippen molar-refractivity contribution in [3.8, 4) is 5.75 Å². The molecule has 0 saturated carbocycles. The van der Waals surface area contributed by atoms with Gasteiger partial charge in [0.25, 0.3) is 0 Å². The molecule has 2 aromatic rings. The third-order valence-electron chi connectivity index (χ3n) is 2.95. The van der Waals surface area contributed by atoms with Gasteiger partial charge in [-0.25, -0.2) is 0 Å². The van der Waals surface area contributed by atoms with Crippen molar-refractivity contribution in [2.45, 2.75) is 20.0 Å². The van der Waals surface area contributed by atoms with Gasteiger partial charge in [0.2, 0.25) is 0 Å². The van der Waals surface area contributed by atoms with Gasteiger partial charge < -0.3 is 4.74 Å². The Labute approximate surface area is 109 Å². The van der Waals surface area contributed by atoms with Gasteiger partial charge in [-0.1, -0.05) is 48.5 Å². The highest BCUT2D eigenvalue weighted by Gasteiger charge is 2.05. The van der Waals surface area contributed by atoms with Gasteiger partial charge in [0.05, 0.1) is 0 Å². The molecule has 2 aromatic carbocycles. The van der Waals surface area contributed by atoms with Crippen molar-refractivity contribution in [3.63, 3.8) is 0 Å². The molecule has 0 unspecified atom stereocenters. The van der Waals surface area contributed by atoms with Gasteiger partial charge in [0.1, 0.15) is 12.4 Å². The number of benzene rings is 2. The second-order valence-corrected chi connectivity index (χ2v) is 4.32. The van der Waals surface area contributed by atoms with Crippen LogP contribution in [0.15, 0.2) is 61.2 Å². The fourth-order valence-corrected chi connectivity index (χ4v) is 1.95. The lowest BCUT2D eigenvalue weighted by molar-refractivity contribution is 0.303. The molecular weight excluding hydrogens is 220 g/mol. The maximum atomic E-state index is 5.91. The van der Waals surface area contributed by atoms with Crippen molar-refractivity contribution in [3.05, 3.63) is 77.9 Å². The molecule has 0 saturated heterocycles. The Hall–Kier alpha value is -2.02. The van der Waals surface area contributed by atoms with Crippen LogP contribution in [0, 0.1) is 6.92 Å². The highest BCUT2D eigenvalue weighted by molar-refractivity contribution is 5.41. The van der Waals surface area contributed by atoms with Gasteiger partial charge in [-0.2, -0.15) is 0 Å². The molecule has 1 heteroatoms. The molecule has 0 amide bonds. The summed E-state index contributed by atoms with van der Waals surface area (Å²) in [5.74, 6) is 0.957. The minimum atomic E-state index is 0.606. The standard InChI is InChI=1S/C17H18O/c1-3-8-16-14(2)9-7-12-17(16)18-13-15-10-5-4-6-11-15/h3-7,9-12H,1,8,13H2,2H3. The first-order valence-electron chi connectivity index (χ1n) is 6.17. The van der Waals surface area contributed by atoms with E-state index in [1.54, 1.807) is 0 Å². The molecule has 0 aliphatic heterocycles. The average molecular weight is 238 g/mol. The molecule has 0 bridgehead atoms. The van der Waals surface area contributed by atoms with E-state index in [0.29, 0.717) is 6.61 Å². The Morgan fingerprint density at radius 1 is 1.06 bits per heavy atom. The van der Waals surface area contributed by atoms with E-state index in [9.17, 15) is 0 Å². The van der Waals surface area contributed by atoms with Crippen LogP contribution in [0.5, 0.6) is 5.75 Å². The van der Waals surface area contributed by atoms with Crippen LogP contribution in [0.4, 0.5) is 0 Å². The lowest BCUT2D eigenvalue weighted by Gasteiger charge is -2.12. The van der Waals surface area contributed by atoms with E-state index >= 15 is 0 Å². The molecule has 1 nitrogen and oxygen atoms in total. The Balaban J connectivity index is 2.14. The van der Waals surface area contributed by atoms with Crippen LogP contribution in [0.25, 0.3) is 0 Å². The number of ether oxygens (including phenoxy) is 1. The Morgan fingerprint density at radius 2 is 1.83 bits per heavy atom. The number of aryl methyl sites for hydroxylation is 1. The topological polar surface area (TPSA) is 9.23 Å². The number of allylic oxidation sites excluding steroid dienone is 1. The Bertz CT molecular complexity index is 514. The molecule has 0 aliphatic carbocycles. The van der Waals surface area contributed by atoms with Crippen molar-refractivity contribution in [2.75, 3.05) is 0 Å². The summed E-state index contributed by atoms with van der Waals surface area (Å²) >= 11 is 0. The van der Waals surface area contributed by atoms with Crippen molar-refractivity contribution in [1.82, 2.24) is 0 Å². The third-order valence-corrected chi connectivity index (χ3v) is 2.95. The minimum absolute atomic E-state index is 0.606. The summed E-state index contributed by atoms with van der Waals surface area (Å²) in [6, 6.07) is 16.4. The zero-order chi connectivity index (χ0) is 12.8. The van der Waals surface area contributed by atoms with Gasteiger partial charge in [0, 0.05) is 5.56 Å². The van der Waals surface area contributed by atoms with Crippen LogP contribution >= 0.6 is 0 Å². The fourth-order valence-electron chi connectivity index (χ4n) is 1.95. The minimum Gasteiger partial charge on any atom is -0.489 e. The second-order valence-electron chi connectivity index (χ2n) is 4.32. The molecule has 0 heterocycles. The first-order chi connectivity index (χ1) is 8.81. The molecule has 0 fully saturated rings. The number of hydrogen-bond donors (Lipinski definition) is 0. The highest BCUT2D eigenvalue weighted by Crippen LogP contribution is 2.23. The normalized spacial score (nSPS) is 10.1. The van der Waals surface area contributed by atoms with E-state index in [2.05, 4.69) is 31.7 Å². The lowest BCUT2D eigenvalue weighted by Crippen LogP contribution is -1.99. The fraction of sp³-hybridized carbons (Fsp3) is 0.176. The largest absolute Gasteiger partial charge is 0.489 e. The van der Waals surface area contributed by atoms with Crippen LogP contribution in [-0.4, -0.2) is 0 Å². The van der Waals surface area contributed by atoms with Crippen molar-refractivity contribution in [2.24, 2.45) is 0 Å². The van der Waals surface area contributed by atoms with Crippen LogP contribution in [-0.2, 0) is 13.0 Å². The number of rotatable bonds is 5. The van der Waals surface area contributed by atoms with Gasteiger partial charge in [-0.15, -0.1) is 6.58 Å². The summed E-state index contributed by atoms with van der Waals surface area (Å²) in [6.45, 7) is 6.51. The summed E-state index contributed by atoms with van der Waals surface area (Å²) in [6.07, 6.45) is 2.76. The quantitative estimate of drug-likeness (QED) is 0.705. The molecule has 0 spiro atoms. The molecule has 0 aliphatic rings. The first kappa shape index (κ1) is 12.4. The van der Waals surface area contributed by atoms with Gasteiger partial charge in [0.15, 0.2) is 0 Å². The Kier molecular flexibility index (Phi) is 4.19. The van der Waals surface area contributed by atoms with E-state index in [1.807, 2.05) is 36.4 Å². The zero-order valence-corrected chi connectivity index (χ0v) is 10.7.